The highest BCUT2D eigenvalue weighted by Gasteiger charge is 2.30. The molecule has 1 unspecified atom stereocenters. The molecule has 1 aliphatic carbocycles. The van der Waals surface area contributed by atoms with Crippen LogP contribution in [-0.2, 0) is 32.1 Å². The van der Waals surface area contributed by atoms with E-state index >= 15 is 0 Å². The molecule has 0 aromatic carbocycles. The van der Waals surface area contributed by atoms with Crippen molar-refractivity contribution in [1.29, 1.82) is 0 Å². The quantitative estimate of drug-likeness (QED) is 0.548. The van der Waals surface area contributed by atoms with Crippen LogP contribution in [0.2, 0.25) is 0 Å². The average molecular weight is 418 g/mol. The summed E-state index contributed by atoms with van der Waals surface area (Å²) in [7, 11) is 2.03. The van der Waals surface area contributed by atoms with Crippen LogP contribution in [0.15, 0.2) is 15.7 Å². The SMILES string of the molecule is CCc1noc(CSc2nnc(-c3cc4c(s3)CCC(C(C)(C)C)C4)n2C)n1. The second kappa shape index (κ2) is 7.63. The molecule has 0 radical (unpaired) electrons. The van der Waals surface area contributed by atoms with Gasteiger partial charge >= 0.3 is 0 Å². The van der Waals surface area contributed by atoms with Gasteiger partial charge < -0.3 is 9.09 Å². The van der Waals surface area contributed by atoms with Crippen molar-refractivity contribution in [2.24, 2.45) is 18.4 Å². The van der Waals surface area contributed by atoms with Gasteiger partial charge in [0.15, 0.2) is 16.8 Å². The number of aryl methyl sites for hydroxylation is 2. The molecule has 1 atom stereocenters. The number of aromatic nitrogens is 5. The van der Waals surface area contributed by atoms with E-state index in [2.05, 4.69) is 51.7 Å². The number of nitrogens with zero attached hydrogens (tertiary/aromatic N) is 5. The molecule has 0 fully saturated rings. The fraction of sp³-hybridized carbons (Fsp3) is 0.600. The van der Waals surface area contributed by atoms with Gasteiger partial charge in [0.05, 0.1) is 10.6 Å². The van der Waals surface area contributed by atoms with Crippen LogP contribution >= 0.6 is 23.1 Å². The van der Waals surface area contributed by atoms with Gasteiger partial charge in [-0.25, -0.2) is 0 Å². The van der Waals surface area contributed by atoms with Crippen LogP contribution in [0.25, 0.3) is 10.7 Å². The number of hydrogen-bond donors (Lipinski definition) is 0. The Morgan fingerprint density at radius 1 is 1.32 bits per heavy atom. The summed E-state index contributed by atoms with van der Waals surface area (Å²) in [6, 6.07) is 2.34. The molecule has 4 rings (SSSR count). The standard InChI is InChI=1S/C20H27N5OS2/c1-6-16-21-17(26-24-16)11-27-19-23-22-18(25(19)5)15-10-12-9-13(20(2,3)4)7-8-14(12)28-15/h10,13H,6-9,11H2,1-5H3. The van der Waals surface area contributed by atoms with E-state index in [9.17, 15) is 0 Å². The van der Waals surface area contributed by atoms with Crippen molar-refractivity contribution >= 4 is 23.1 Å². The van der Waals surface area contributed by atoms with Gasteiger partial charge in [-0.2, -0.15) is 4.98 Å². The molecule has 3 heterocycles. The molecule has 150 valence electrons. The second-order valence-electron chi connectivity index (χ2n) is 8.48. The van der Waals surface area contributed by atoms with Crippen molar-refractivity contribution in [3.8, 4) is 10.7 Å². The van der Waals surface area contributed by atoms with Crippen LogP contribution in [0.3, 0.4) is 0 Å². The van der Waals surface area contributed by atoms with Crippen LogP contribution < -0.4 is 0 Å². The van der Waals surface area contributed by atoms with Crippen LogP contribution in [0.4, 0.5) is 0 Å². The number of fused-ring (bicyclic) bond motifs is 1. The summed E-state index contributed by atoms with van der Waals surface area (Å²) >= 11 is 3.45. The smallest absolute Gasteiger partial charge is 0.237 e. The third-order valence-electron chi connectivity index (χ3n) is 5.51. The molecule has 0 spiro atoms. The highest BCUT2D eigenvalue weighted by atomic mass is 32.2. The summed E-state index contributed by atoms with van der Waals surface area (Å²) in [6.07, 6.45) is 4.41. The van der Waals surface area contributed by atoms with Gasteiger partial charge in [-0.05, 0) is 42.2 Å². The second-order valence-corrected chi connectivity index (χ2v) is 10.6. The molecule has 6 nitrogen and oxygen atoms in total. The lowest BCUT2D eigenvalue weighted by Gasteiger charge is -2.33. The maximum Gasteiger partial charge on any atom is 0.237 e. The molecule has 28 heavy (non-hydrogen) atoms. The fourth-order valence-electron chi connectivity index (χ4n) is 3.65. The van der Waals surface area contributed by atoms with Crippen molar-refractivity contribution in [3.05, 3.63) is 28.2 Å². The summed E-state index contributed by atoms with van der Waals surface area (Å²) in [5.74, 6) is 3.66. The van der Waals surface area contributed by atoms with E-state index in [-0.39, 0.29) is 0 Å². The minimum atomic E-state index is 0.362. The molecule has 3 aromatic rings. The highest BCUT2D eigenvalue weighted by Crippen LogP contribution is 2.42. The van der Waals surface area contributed by atoms with E-state index in [4.69, 9.17) is 4.52 Å². The Hall–Kier alpha value is -1.67. The lowest BCUT2D eigenvalue weighted by molar-refractivity contribution is 0.217. The third-order valence-corrected chi connectivity index (χ3v) is 7.75. The minimum absolute atomic E-state index is 0.362. The summed E-state index contributed by atoms with van der Waals surface area (Å²) < 4.78 is 7.33. The Kier molecular flexibility index (Phi) is 5.35. The number of thiophene rings is 1. The lowest BCUT2D eigenvalue weighted by atomic mass is 9.72. The topological polar surface area (TPSA) is 69.6 Å². The minimum Gasteiger partial charge on any atom is -0.338 e. The largest absolute Gasteiger partial charge is 0.338 e. The van der Waals surface area contributed by atoms with Gasteiger partial charge in [0.2, 0.25) is 5.89 Å². The van der Waals surface area contributed by atoms with Crippen molar-refractivity contribution in [1.82, 2.24) is 24.9 Å². The molecular formula is C20H27N5OS2. The molecule has 0 bridgehead atoms. The lowest BCUT2D eigenvalue weighted by Crippen LogP contribution is -2.26. The van der Waals surface area contributed by atoms with E-state index in [0.29, 0.717) is 17.1 Å². The van der Waals surface area contributed by atoms with E-state index < -0.39 is 0 Å². The predicted molar refractivity (Wildman–Crippen MR) is 113 cm³/mol. The van der Waals surface area contributed by atoms with E-state index in [1.54, 1.807) is 11.8 Å². The zero-order valence-electron chi connectivity index (χ0n) is 17.2. The van der Waals surface area contributed by atoms with Crippen LogP contribution in [0.5, 0.6) is 0 Å². The first-order valence-corrected chi connectivity index (χ1v) is 11.6. The number of hydrogen-bond acceptors (Lipinski definition) is 7. The first kappa shape index (κ1) is 19.6. The molecule has 0 saturated carbocycles. The molecular weight excluding hydrogens is 390 g/mol. The molecule has 0 amide bonds. The fourth-order valence-corrected chi connectivity index (χ4v) is 5.62. The van der Waals surface area contributed by atoms with E-state index in [0.717, 1.165) is 29.1 Å². The van der Waals surface area contributed by atoms with Crippen molar-refractivity contribution in [2.45, 2.75) is 64.3 Å². The van der Waals surface area contributed by atoms with Gasteiger partial charge in [0.1, 0.15) is 0 Å². The normalized spacial score (nSPS) is 17.1. The van der Waals surface area contributed by atoms with Gasteiger partial charge in [-0.15, -0.1) is 21.5 Å². The molecule has 3 aromatic heterocycles. The Morgan fingerprint density at radius 3 is 2.86 bits per heavy atom. The predicted octanol–water partition coefficient (Wildman–Crippen LogP) is 4.93. The molecule has 8 heteroatoms. The maximum absolute atomic E-state index is 5.26. The van der Waals surface area contributed by atoms with E-state index in [1.165, 1.54) is 34.6 Å². The first-order chi connectivity index (χ1) is 13.3. The van der Waals surface area contributed by atoms with Gasteiger partial charge in [-0.3, -0.25) is 0 Å². The van der Waals surface area contributed by atoms with Crippen LogP contribution in [0, 0.1) is 11.3 Å². The average Bonchev–Trinajstić information content (AvgIpc) is 3.36. The van der Waals surface area contributed by atoms with E-state index in [1.807, 2.05) is 25.3 Å². The van der Waals surface area contributed by atoms with Crippen LogP contribution in [-0.4, -0.2) is 24.9 Å². The zero-order chi connectivity index (χ0) is 19.9. The maximum atomic E-state index is 5.26. The van der Waals surface area contributed by atoms with Crippen molar-refractivity contribution in [2.75, 3.05) is 0 Å². The zero-order valence-corrected chi connectivity index (χ0v) is 18.8. The Morgan fingerprint density at radius 2 is 2.14 bits per heavy atom. The first-order valence-electron chi connectivity index (χ1n) is 9.80. The monoisotopic (exact) mass is 417 g/mol. The highest BCUT2D eigenvalue weighted by molar-refractivity contribution is 7.98. The Bertz CT molecular complexity index is 966. The summed E-state index contributed by atoms with van der Waals surface area (Å²) in [5.41, 5.74) is 1.86. The van der Waals surface area contributed by atoms with Crippen LogP contribution in [0.1, 0.15) is 56.3 Å². The van der Waals surface area contributed by atoms with Crippen molar-refractivity contribution in [3.63, 3.8) is 0 Å². The molecule has 0 N–H and O–H groups in total. The summed E-state index contributed by atoms with van der Waals surface area (Å²) in [5, 5.41) is 13.7. The Balaban J connectivity index is 1.49. The Labute approximate surface area is 174 Å². The van der Waals surface area contributed by atoms with Gasteiger partial charge in [0, 0.05) is 18.3 Å². The number of thioether (sulfide) groups is 1. The van der Waals surface area contributed by atoms with Crippen molar-refractivity contribution < 1.29 is 4.52 Å². The third kappa shape index (κ3) is 3.89. The number of rotatable bonds is 5. The summed E-state index contributed by atoms with van der Waals surface area (Å²) in [6.45, 7) is 9.08. The molecule has 0 aliphatic heterocycles. The molecule has 0 saturated heterocycles. The summed E-state index contributed by atoms with van der Waals surface area (Å²) in [4.78, 5) is 7.09. The molecule has 1 aliphatic rings. The van der Waals surface area contributed by atoms with Gasteiger partial charge in [0.25, 0.3) is 0 Å². The van der Waals surface area contributed by atoms with Gasteiger partial charge in [-0.1, -0.05) is 44.6 Å².